The Kier molecular flexibility index (Phi) is 4.80. The van der Waals surface area contributed by atoms with Gasteiger partial charge in [0, 0.05) is 38.5 Å². The molecule has 0 saturated heterocycles. The van der Waals surface area contributed by atoms with E-state index >= 15 is 0 Å². The fourth-order valence-electron chi connectivity index (χ4n) is 2.68. The molecule has 0 atom stereocenters. The van der Waals surface area contributed by atoms with Crippen LogP contribution in [-0.4, -0.2) is 22.4 Å². The highest BCUT2D eigenvalue weighted by atomic mass is 16.2. The molecule has 4 heteroatoms. The molecule has 0 bridgehead atoms. The first-order chi connectivity index (χ1) is 12.0. The van der Waals surface area contributed by atoms with E-state index in [2.05, 4.69) is 24.3 Å². The second-order valence-electron chi connectivity index (χ2n) is 6.09. The number of hydrogen-bond acceptors (Lipinski definition) is 2. The molecule has 126 valence electrons. The van der Waals surface area contributed by atoms with Crippen LogP contribution in [0.15, 0.2) is 77.7 Å². The lowest BCUT2D eigenvalue weighted by Crippen LogP contribution is -2.28. The van der Waals surface area contributed by atoms with Gasteiger partial charge in [0.2, 0.25) is 0 Å². The molecule has 0 radical (unpaired) electrons. The number of aryl methyl sites for hydroxylation is 1. The summed E-state index contributed by atoms with van der Waals surface area (Å²) in [5.41, 5.74) is 3.57. The van der Waals surface area contributed by atoms with Crippen molar-refractivity contribution in [1.29, 1.82) is 0 Å². The summed E-state index contributed by atoms with van der Waals surface area (Å²) in [4.78, 5) is 25.8. The number of carbonyl (C=O) groups is 1. The third-order valence-corrected chi connectivity index (χ3v) is 4.18. The molecule has 0 N–H and O–H groups in total. The van der Waals surface area contributed by atoms with E-state index in [1.54, 1.807) is 31.3 Å². The number of amides is 1. The standard InChI is InChI=1S/C21H20N2O2/c1-22-13-12-19(14-20(22)24)21(25)23(2)15-16-8-10-18(11-9-16)17-6-4-3-5-7-17/h3-14H,15H2,1-2H3. The first-order valence-corrected chi connectivity index (χ1v) is 8.11. The Balaban J connectivity index is 1.72. The summed E-state index contributed by atoms with van der Waals surface area (Å²) in [5.74, 6) is -0.162. The summed E-state index contributed by atoms with van der Waals surface area (Å²) >= 11 is 0. The molecule has 0 spiro atoms. The van der Waals surface area contributed by atoms with Gasteiger partial charge in [-0.25, -0.2) is 0 Å². The minimum Gasteiger partial charge on any atom is -0.337 e. The van der Waals surface area contributed by atoms with Gasteiger partial charge in [0.1, 0.15) is 0 Å². The maximum Gasteiger partial charge on any atom is 0.254 e. The summed E-state index contributed by atoms with van der Waals surface area (Å²) in [5, 5.41) is 0. The average molecular weight is 332 g/mol. The first kappa shape index (κ1) is 16.7. The highest BCUT2D eigenvalue weighted by Gasteiger charge is 2.13. The maximum atomic E-state index is 12.5. The van der Waals surface area contributed by atoms with Crippen LogP contribution in [0.4, 0.5) is 0 Å². The maximum absolute atomic E-state index is 12.5. The van der Waals surface area contributed by atoms with Gasteiger partial charge in [0.15, 0.2) is 0 Å². The lowest BCUT2D eigenvalue weighted by molar-refractivity contribution is 0.0785. The van der Waals surface area contributed by atoms with E-state index in [-0.39, 0.29) is 11.5 Å². The summed E-state index contributed by atoms with van der Waals surface area (Å²) in [6.45, 7) is 0.489. The summed E-state index contributed by atoms with van der Waals surface area (Å²) in [6, 6.07) is 21.4. The predicted molar refractivity (Wildman–Crippen MR) is 99.4 cm³/mol. The highest BCUT2D eigenvalue weighted by molar-refractivity contribution is 5.93. The Bertz CT molecular complexity index is 928. The lowest BCUT2D eigenvalue weighted by atomic mass is 10.0. The minimum absolute atomic E-state index is 0.162. The topological polar surface area (TPSA) is 42.3 Å². The monoisotopic (exact) mass is 332 g/mol. The van der Waals surface area contributed by atoms with E-state index < -0.39 is 0 Å². The molecule has 1 amide bonds. The number of aromatic nitrogens is 1. The molecule has 0 saturated carbocycles. The van der Waals surface area contributed by atoms with Gasteiger partial charge in [0.25, 0.3) is 11.5 Å². The normalized spacial score (nSPS) is 10.5. The number of carbonyl (C=O) groups excluding carboxylic acids is 1. The smallest absolute Gasteiger partial charge is 0.254 e. The van der Waals surface area contributed by atoms with Crippen molar-refractivity contribution >= 4 is 5.91 Å². The van der Waals surface area contributed by atoms with Crippen LogP contribution in [0.25, 0.3) is 11.1 Å². The molecule has 0 aliphatic rings. The van der Waals surface area contributed by atoms with E-state index in [4.69, 9.17) is 0 Å². The fourth-order valence-corrected chi connectivity index (χ4v) is 2.68. The Morgan fingerprint density at radius 3 is 2.24 bits per heavy atom. The predicted octanol–water partition coefficient (Wildman–Crippen LogP) is 3.32. The molecule has 25 heavy (non-hydrogen) atoms. The van der Waals surface area contributed by atoms with Crippen molar-refractivity contribution in [2.45, 2.75) is 6.54 Å². The Labute approximate surface area is 147 Å². The van der Waals surface area contributed by atoms with Crippen LogP contribution >= 0.6 is 0 Å². The first-order valence-electron chi connectivity index (χ1n) is 8.11. The lowest BCUT2D eigenvalue weighted by Gasteiger charge is -2.17. The molecule has 3 rings (SSSR count). The number of nitrogens with zero attached hydrogens (tertiary/aromatic N) is 2. The van der Waals surface area contributed by atoms with E-state index in [0.717, 1.165) is 11.1 Å². The Morgan fingerprint density at radius 1 is 0.960 bits per heavy atom. The zero-order chi connectivity index (χ0) is 17.8. The van der Waals surface area contributed by atoms with Gasteiger partial charge in [-0.2, -0.15) is 0 Å². The Morgan fingerprint density at radius 2 is 1.60 bits per heavy atom. The fraction of sp³-hybridized carbons (Fsp3) is 0.143. The van der Waals surface area contributed by atoms with Crippen LogP contribution in [0.2, 0.25) is 0 Å². The van der Waals surface area contributed by atoms with E-state index in [1.165, 1.54) is 16.2 Å². The van der Waals surface area contributed by atoms with Crippen molar-refractivity contribution in [3.05, 3.63) is 94.4 Å². The molecule has 3 aromatic rings. The number of benzene rings is 2. The van der Waals surface area contributed by atoms with E-state index in [1.807, 2.05) is 30.3 Å². The number of hydrogen-bond donors (Lipinski definition) is 0. The van der Waals surface area contributed by atoms with Gasteiger partial charge in [-0.15, -0.1) is 0 Å². The zero-order valence-corrected chi connectivity index (χ0v) is 14.3. The molecule has 1 aromatic heterocycles. The van der Waals surface area contributed by atoms with Crippen molar-refractivity contribution in [2.75, 3.05) is 7.05 Å². The number of rotatable bonds is 4. The summed E-state index contributed by atoms with van der Waals surface area (Å²) in [6.07, 6.45) is 1.61. The van der Waals surface area contributed by atoms with Gasteiger partial charge >= 0.3 is 0 Å². The molecule has 0 unspecified atom stereocenters. The molecule has 4 nitrogen and oxygen atoms in total. The third-order valence-electron chi connectivity index (χ3n) is 4.18. The van der Waals surface area contributed by atoms with Crippen LogP contribution in [0.3, 0.4) is 0 Å². The molecule has 2 aromatic carbocycles. The van der Waals surface area contributed by atoms with Crippen molar-refractivity contribution in [3.8, 4) is 11.1 Å². The largest absolute Gasteiger partial charge is 0.337 e. The summed E-state index contributed by atoms with van der Waals surface area (Å²) in [7, 11) is 3.40. The van der Waals surface area contributed by atoms with Gasteiger partial charge in [0.05, 0.1) is 0 Å². The van der Waals surface area contributed by atoms with Crippen molar-refractivity contribution in [3.63, 3.8) is 0 Å². The van der Waals surface area contributed by atoms with Crippen molar-refractivity contribution in [1.82, 2.24) is 9.47 Å². The van der Waals surface area contributed by atoms with Crippen LogP contribution in [0.5, 0.6) is 0 Å². The number of pyridine rings is 1. The second-order valence-corrected chi connectivity index (χ2v) is 6.09. The molecular formula is C21H20N2O2. The van der Waals surface area contributed by atoms with Gasteiger partial charge < -0.3 is 9.47 Å². The average Bonchev–Trinajstić information content (AvgIpc) is 2.64. The minimum atomic E-state index is -0.188. The van der Waals surface area contributed by atoms with Gasteiger partial charge in [-0.05, 0) is 22.8 Å². The summed E-state index contributed by atoms with van der Waals surface area (Å²) < 4.78 is 1.44. The van der Waals surface area contributed by atoms with Crippen LogP contribution in [0.1, 0.15) is 15.9 Å². The van der Waals surface area contributed by atoms with Crippen molar-refractivity contribution < 1.29 is 4.79 Å². The molecular weight excluding hydrogens is 312 g/mol. The van der Waals surface area contributed by atoms with Crippen molar-refractivity contribution in [2.24, 2.45) is 7.05 Å². The molecule has 0 aliphatic carbocycles. The van der Waals surface area contributed by atoms with E-state index in [9.17, 15) is 9.59 Å². The van der Waals surface area contributed by atoms with Gasteiger partial charge in [-0.1, -0.05) is 54.6 Å². The highest BCUT2D eigenvalue weighted by Crippen LogP contribution is 2.19. The molecule has 1 heterocycles. The zero-order valence-electron chi connectivity index (χ0n) is 14.3. The van der Waals surface area contributed by atoms with Crippen LogP contribution in [-0.2, 0) is 13.6 Å². The third kappa shape index (κ3) is 3.86. The van der Waals surface area contributed by atoms with Crippen LogP contribution < -0.4 is 5.56 Å². The van der Waals surface area contributed by atoms with E-state index in [0.29, 0.717) is 12.1 Å². The van der Waals surface area contributed by atoms with Crippen LogP contribution in [0, 0.1) is 0 Å². The Hall–Kier alpha value is -3.14. The van der Waals surface area contributed by atoms with Gasteiger partial charge in [-0.3, -0.25) is 9.59 Å². The second kappa shape index (κ2) is 7.18. The quantitative estimate of drug-likeness (QED) is 0.735. The molecule has 0 fully saturated rings. The SMILES string of the molecule is CN(Cc1ccc(-c2ccccc2)cc1)C(=O)c1ccn(C)c(=O)c1. The molecule has 0 aliphatic heterocycles.